The molecule has 6 heteroatoms. The molecular formula is C16H26N4O2. The van der Waals surface area contributed by atoms with E-state index in [-0.39, 0.29) is 5.91 Å². The molecule has 1 spiro atoms. The van der Waals surface area contributed by atoms with Crippen LogP contribution in [-0.4, -0.2) is 67.0 Å². The van der Waals surface area contributed by atoms with Crippen LogP contribution < -0.4 is 4.90 Å². The van der Waals surface area contributed by atoms with E-state index in [0.29, 0.717) is 17.3 Å². The second-order valence-corrected chi connectivity index (χ2v) is 6.80. The Morgan fingerprint density at radius 3 is 2.55 bits per heavy atom. The lowest BCUT2D eigenvalue weighted by molar-refractivity contribution is 0.0718. The average molecular weight is 306 g/mol. The number of aromatic nitrogens is 1. The number of oxazole rings is 1. The topological polar surface area (TPSA) is 52.8 Å². The third-order valence-corrected chi connectivity index (χ3v) is 5.24. The quantitative estimate of drug-likeness (QED) is 0.834. The van der Waals surface area contributed by atoms with Gasteiger partial charge in [0, 0.05) is 32.7 Å². The minimum absolute atomic E-state index is 0.0294. The summed E-state index contributed by atoms with van der Waals surface area (Å²) in [4.78, 5) is 23.0. The Labute approximate surface area is 132 Å². The van der Waals surface area contributed by atoms with Gasteiger partial charge >= 0.3 is 0 Å². The Morgan fingerprint density at radius 2 is 1.95 bits per heavy atom. The van der Waals surface area contributed by atoms with E-state index < -0.39 is 0 Å². The number of anilines is 1. The van der Waals surface area contributed by atoms with E-state index in [9.17, 15) is 4.79 Å². The van der Waals surface area contributed by atoms with Gasteiger partial charge in [-0.1, -0.05) is 0 Å². The van der Waals surface area contributed by atoms with Crippen molar-refractivity contribution in [2.45, 2.75) is 37.6 Å². The van der Waals surface area contributed by atoms with Crippen molar-refractivity contribution in [1.82, 2.24) is 14.8 Å². The fourth-order valence-electron chi connectivity index (χ4n) is 3.81. The normalized spacial score (nSPS) is 26.4. The predicted octanol–water partition coefficient (Wildman–Crippen LogP) is 1.83. The summed E-state index contributed by atoms with van der Waals surface area (Å²) in [7, 11) is 5.93. The summed E-state index contributed by atoms with van der Waals surface area (Å²) in [6, 6.07) is 0.477. The number of likely N-dealkylation sites (tertiary alicyclic amines) is 2. The van der Waals surface area contributed by atoms with Crippen molar-refractivity contribution in [3.63, 3.8) is 0 Å². The highest BCUT2D eigenvalue weighted by Gasteiger charge is 2.40. The van der Waals surface area contributed by atoms with E-state index in [1.165, 1.54) is 25.8 Å². The van der Waals surface area contributed by atoms with E-state index in [2.05, 4.69) is 16.9 Å². The molecule has 2 aliphatic rings. The summed E-state index contributed by atoms with van der Waals surface area (Å²) in [5, 5.41) is 0. The highest BCUT2D eigenvalue weighted by atomic mass is 16.4. The number of amides is 1. The smallest absolute Gasteiger partial charge is 0.297 e. The summed E-state index contributed by atoms with van der Waals surface area (Å²) in [5.41, 5.74) is 0.311. The maximum Gasteiger partial charge on any atom is 0.297 e. The largest absolute Gasteiger partial charge is 0.418 e. The molecule has 2 saturated heterocycles. The van der Waals surface area contributed by atoms with Gasteiger partial charge < -0.3 is 19.1 Å². The van der Waals surface area contributed by atoms with Crippen molar-refractivity contribution in [2.75, 3.05) is 45.7 Å². The maximum atomic E-state index is 12.6. The first-order chi connectivity index (χ1) is 10.5. The molecule has 2 fully saturated rings. The molecule has 22 heavy (non-hydrogen) atoms. The summed E-state index contributed by atoms with van der Waals surface area (Å²) in [6.45, 7) is 2.80. The van der Waals surface area contributed by atoms with E-state index >= 15 is 0 Å². The van der Waals surface area contributed by atoms with Crippen molar-refractivity contribution < 1.29 is 9.21 Å². The van der Waals surface area contributed by atoms with Crippen molar-refractivity contribution in [2.24, 2.45) is 0 Å². The van der Waals surface area contributed by atoms with E-state index in [1.807, 2.05) is 19.0 Å². The lowest BCUT2D eigenvalue weighted by atomic mass is 9.88. The maximum absolute atomic E-state index is 12.6. The summed E-state index contributed by atoms with van der Waals surface area (Å²) < 4.78 is 5.55. The molecule has 3 heterocycles. The SMILES string of the molecule is CN(C)c1ncc(C(=O)N2CCCC3(CCCN3C)CC2)o1. The third-order valence-electron chi connectivity index (χ3n) is 5.24. The van der Waals surface area contributed by atoms with Crippen LogP contribution in [0.1, 0.15) is 42.7 Å². The van der Waals surface area contributed by atoms with Crippen molar-refractivity contribution in [1.29, 1.82) is 0 Å². The van der Waals surface area contributed by atoms with Gasteiger partial charge in [-0.2, -0.15) is 0 Å². The fraction of sp³-hybridized carbons (Fsp3) is 0.750. The van der Waals surface area contributed by atoms with Gasteiger partial charge in [-0.3, -0.25) is 4.79 Å². The third kappa shape index (κ3) is 2.72. The Balaban J connectivity index is 1.68. The van der Waals surface area contributed by atoms with Crippen LogP contribution >= 0.6 is 0 Å². The predicted molar refractivity (Wildman–Crippen MR) is 85.2 cm³/mol. The highest BCUT2D eigenvalue weighted by molar-refractivity contribution is 5.91. The van der Waals surface area contributed by atoms with E-state index in [0.717, 1.165) is 25.9 Å². The van der Waals surface area contributed by atoms with Gasteiger partial charge in [-0.15, -0.1) is 0 Å². The monoisotopic (exact) mass is 306 g/mol. The number of carbonyl (C=O) groups excluding carboxylic acids is 1. The zero-order valence-electron chi connectivity index (χ0n) is 13.8. The zero-order valence-corrected chi connectivity index (χ0v) is 13.8. The summed E-state index contributed by atoms with van der Waals surface area (Å²) in [6.07, 6.45) is 7.39. The Kier molecular flexibility index (Phi) is 4.12. The molecule has 122 valence electrons. The first-order valence-corrected chi connectivity index (χ1v) is 8.15. The molecule has 0 saturated carbocycles. The number of nitrogens with zero attached hydrogens (tertiary/aromatic N) is 4. The van der Waals surface area contributed by atoms with Gasteiger partial charge in [-0.05, 0) is 45.7 Å². The van der Waals surface area contributed by atoms with E-state index in [1.54, 1.807) is 11.1 Å². The lowest BCUT2D eigenvalue weighted by Crippen LogP contribution is -2.42. The van der Waals surface area contributed by atoms with Crippen LogP contribution in [0, 0.1) is 0 Å². The number of rotatable bonds is 2. The first kappa shape index (κ1) is 15.3. The van der Waals surface area contributed by atoms with Crippen LogP contribution in [0.2, 0.25) is 0 Å². The molecule has 0 bridgehead atoms. The molecule has 1 unspecified atom stereocenters. The molecule has 2 aliphatic heterocycles. The van der Waals surface area contributed by atoms with Crippen LogP contribution in [0.5, 0.6) is 0 Å². The molecule has 3 rings (SSSR count). The van der Waals surface area contributed by atoms with Gasteiger partial charge in [0.05, 0.1) is 6.20 Å². The summed E-state index contributed by atoms with van der Waals surface area (Å²) in [5.74, 6) is 0.317. The van der Waals surface area contributed by atoms with Gasteiger partial charge in [0.15, 0.2) is 0 Å². The Bertz CT molecular complexity index is 542. The molecule has 1 atom stereocenters. The van der Waals surface area contributed by atoms with Gasteiger partial charge in [0.1, 0.15) is 0 Å². The van der Waals surface area contributed by atoms with E-state index in [4.69, 9.17) is 4.42 Å². The van der Waals surface area contributed by atoms with Gasteiger partial charge in [0.25, 0.3) is 11.9 Å². The molecular weight excluding hydrogens is 280 g/mol. The Hall–Kier alpha value is -1.56. The minimum atomic E-state index is -0.0294. The second-order valence-electron chi connectivity index (χ2n) is 6.80. The van der Waals surface area contributed by atoms with Crippen LogP contribution in [0.15, 0.2) is 10.6 Å². The first-order valence-electron chi connectivity index (χ1n) is 8.15. The number of carbonyl (C=O) groups is 1. The van der Waals surface area contributed by atoms with Crippen LogP contribution in [0.3, 0.4) is 0 Å². The molecule has 0 aliphatic carbocycles. The molecule has 1 aromatic heterocycles. The van der Waals surface area contributed by atoms with Crippen molar-refractivity contribution in [3.05, 3.63) is 12.0 Å². The summed E-state index contributed by atoms with van der Waals surface area (Å²) >= 11 is 0. The lowest BCUT2D eigenvalue weighted by Gasteiger charge is -2.35. The fourth-order valence-corrected chi connectivity index (χ4v) is 3.81. The van der Waals surface area contributed by atoms with Gasteiger partial charge in [-0.25, -0.2) is 4.98 Å². The standard InChI is InChI=1S/C16H26N4O2/c1-18(2)15-17-12-13(22-15)14(21)20-10-5-7-16(8-11-20)6-4-9-19(16)3/h12H,4-11H2,1-3H3. The van der Waals surface area contributed by atoms with Crippen LogP contribution in [0.4, 0.5) is 6.01 Å². The number of hydrogen-bond acceptors (Lipinski definition) is 5. The molecule has 0 aromatic carbocycles. The van der Waals surface area contributed by atoms with Crippen LogP contribution in [0.25, 0.3) is 0 Å². The molecule has 0 N–H and O–H groups in total. The average Bonchev–Trinajstić information content (AvgIpc) is 3.04. The number of hydrogen-bond donors (Lipinski definition) is 0. The zero-order chi connectivity index (χ0) is 15.7. The Morgan fingerprint density at radius 1 is 1.23 bits per heavy atom. The molecule has 1 amide bonds. The van der Waals surface area contributed by atoms with Crippen molar-refractivity contribution >= 4 is 11.9 Å². The minimum Gasteiger partial charge on any atom is -0.418 e. The van der Waals surface area contributed by atoms with Crippen LogP contribution in [-0.2, 0) is 0 Å². The molecule has 1 aromatic rings. The molecule has 6 nitrogen and oxygen atoms in total. The molecule has 0 radical (unpaired) electrons. The van der Waals surface area contributed by atoms with Gasteiger partial charge in [0.2, 0.25) is 5.76 Å². The highest BCUT2D eigenvalue weighted by Crippen LogP contribution is 2.37. The second kappa shape index (κ2) is 5.91. The van der Waals surface area contributed by atoms with Crippen molar-refractivity contribution in [3.8, 4) is 0 Å².